The van der Waals surface area contributed by atoms with Crippen LogP contribution >= 0.6 is 12.2 Å². The minimum absolute atomic E-state index is 0.617. The summed E-state index contributed by atoms with van der Waals surface area (Å²) in [5.41, 5.74) is 1.14. The second-order valence-electron chi connectivity index (χ2n) is 4.36. The maximum Gasteiger partial charge on any atom is 0.177 e. The zero-order chi connectivity index (χ0) is 11.4. The average Bonchev–Trinajstić information content (AvgIpc) is 2.45. The summed E-state index contributed by atoms with van der Waals surface area (Å²) in [7, 11) is 2.16. The van der Waals surface area contributed by atoms with E-state index >= 15 is 0 Å². The van der Waals surface area contributed by atoms with Gasteiger partial charge in [-0.25, -0.2) is 0 Å². The van der Waals surface area contributed by atoms with Gasteiger partial charge in [0.2, 0.25) is 0 Å². The van der Waals surface area contributed by atoms with Crippen molar-refractivity contribution in [3.63, 3.8) is 0 Å². The van der Waals surface area contributed by atoms with Gasteiger partial charge in [0.05, 0.1) is 0 Å². The van der Waals surface area contributed by atoms with E-state index in [4.69, 9.17) is 12.2 Å². The molecule has 86 valence electrons. The summed E-state index contributed by atoms with van der Waals surface area (Å²) < 4.78 is 2.94. The Hall–Kier alpha value is -0.610. The third kappa shape index (κ3) is 3.80. The molecule has 0 saturated heterocycles. The minimum atomic E-state index is 0.617. The number of aromatic nitrogens is 2. The van der Waals surface area contributed by atoms with Crippen LogP contribution in [0.4, 0.5) is 0 Å². The van der Waals surface area contributed by atoms with Gasteiger partial charge in [0, 0.05) is 24.5 Å². The van der Waals surface area contributed by atoms with Crippen LogP contribution in [0.15, 0.2) is 6.20 Å². The molecule has 1 N–H and O–H groups in total. The summed E-state index contributed by atoms with van der Waals surface area (Å²) in [5, 5.41) is 0. The van der Waals surface area contributed by atoms with Crippen molar-refractivity contribution in [3.05, 3.63) is 16.7 Å². The van der Waals surface area contributed by atoms with Crippen LogP contribution in [-0.2, 0) is 6.54 Å². The molecule has 0 aromatic carbocycles. The molecular formula is C11H21N3S. The molecule has 0 unspecified atom stereocenters. The Morgan fingerprint density at radius 2 is 2.20 bits per heavy atom. The molecule has 0 atom stereocenters. The first kappa shape index (κ1) is 12.5. The lowest BCUT2D eigenvalue weighted by molar-refractivity contribution is 0.265. The van der Waals surface area contributed by atoms with Gasteiger partial charge in [-0.1, -0.05) is 0 Å². The maximum absolute atomic E-state index is 5.20. The van der Waals surface area contributed by atoms with Crippen LogP contribution in [-0.4, -0.2) is 34.1 Å². The Balaban J connectivity index is 2.38. The molecule has 1 heterocycles. The van der Waals surface area contributed by atoms with E-state index in [9.17, 15) is 0 Å². The number of aromatic amines is 1. The Labute approximate surface area is 97.1 Å². The molecule has 0 spiro atoms. The fourth-order valence-electron chi connectivity index (χ4n) is 1.48. The van der Waals surface area contributed by atoms with Crippen molar-refractivity contribution in [2.45, 2.75) is 39.8 Å². The first-order valence-corrected chi connectivity index (χ1v) is 5.88. The molecule has 0 aliphatic carbocycles. The van der Waals surface area contributed by atoms with Gasteiger partial charge in [0.25, 0.3) is 0 Å². The lowest BCUT2D eigenvalue weighted by Gasteiger charge is -2.20. The smallest absolute Gasteiger partial charge is 0.177 e. The van der Waals surface area contributed by atoms with Gasteiger partial charge in [-0.2, -0.15) is 0 Å². The molecule has 0 aliphatic rings. The summed E-state index contributed by atoms with van der Waals surface area (Å²) in [6.45, 7) is 8.58. The van der Waals surface area contributed by atoms with E-state index in [1.165, 1.54) is 0 Å². The molecule has 0 bridgehead atoms. The van der Waals surface area contributed by atoms with Crippen molar-refractivity contribution in [2.24, 2.45) is 0 Å². The van der Waals surface area contributed by atoms with Crippen molar-refractivity contribution >= 4 is 12.2 Å². The van der Waals surface area contributed by atoms with Gasteiger partial charge < -0.3 is 14.5 Å². The highest BCUT2D eigenvalue weighted by molar-refractivity contribution is 7.71. The summed E-state index contributed by atoms with van der Waals surface area (Å²) >= 11 is 5.20. The fraction of sp³-hybridized carbons (Fsp3) is 0.727. The molecule has 3 nitrogen and oxygen atoms in total. The molecule has 0 saturated carbocycles. The van der Waals surface area contributed by atoms with Gasteiger partial charge in [-0.05, 0) is 53.0 Å². The number of hydrogen-bond acceptors (Lipinski definition) is 2. The second kappa shape index (κ2) is 5.47. The first-order valence-electron chi connectivity index (χ1n) is 5.47. The molecule has 1 aromatic rings. The predicted molar refractivity (Wildman–Crippen MR) is 66.7 cm³/mol. The van der Waals surface area contributed by atoms with Gasteiger partial charge >= 0.3 is 0 Å². The van der Waals surface area contributed by atoms with Gasteiger partial charge in [-0.15, -0.1) is 0 Å². The lowest BCUT2D eigenvalue weighted by atomic mass is 10.3. The minimum Gasteiger partial charge on any atom is -0.335 e. The first-order chi connectivity index (χ1) is 7.00. The lowest BCUT2D eigenvalue weighted by Crippen LogP contribution is -2.27. The van der Waals surface area contributed by atoms with Crippen LogP contribution in [0.3, 0.4) is 0 Å². The fourth-order valence-corrected chi connectivity index (χ4v) is 1.78. The highest BCUT2D eigenvalue weighted by Crippen LogP contribution is 2.01. The highest BCUT2D eigenvalue weighted by atomic mass is 32.1. The zero-order valence-electron chi connectivity index (χ0n) is 10.1. The number of hydrogen-bond donors (Lipinski definition) is 1. The van der Waals surface area contributed by atoms with Crippen molar-refractivity contribution in [2.75, 3.05) is 13.6 Å². The number of rotatable bonds is 5. The predicted octanol–water partition coefficient (Wildman–Crippen LogP) is 2.58. The molecule has 1 rings (SSSR count). The summed E-state index contributed by atoms with van der Waals surface area (Å²) in [5.74, 6) is 0. The molecular weight excluding hydrogens is 206 g/mol. The van der Waals surface area contributed by atoms with Crippen LogP contribution in [0, 0.1) is 11.7 Å². The van der Waals surface area contributed by atoms with Crippen molar-refractivity contribution < 1.29 is 0 Å². The zero-order valence-corrected chi connectivity index (χ0v) is 10.9. The topological polar surface area (TPSA) is 24.0 Å². The molecule has 0 aliphatic heterocycles. The molecule has 0 amide bonds. The number of nitrogens with zero attached hydrogens (tertiary/aromatic N) is 2. The SMILES string of the molecule is Cc1cn(CCCN(C)C(C)C)c(=S)[nH]1. The number of H-pyrrole nitrogens is 1. The third-order valence-electron chi connectivity index (χ3n) is 2.71. The van der Waals surface area contributed by atoms with E-state index in [1.807, 2.05) is 6.92 Å². The Morgan fingerprint density at radius 1 is 1.53 bits per heavy atom. The van der Waals surface area contributed by atoms with E-state index in [-0.39, 0.29) is 0 Å². The molecule has 15 heavy (non-hydrogen) atoms. The number of imidazole rings is 1. The quantitative estimate of drug-likeness (QED) is 0.782. The van der Waals surface area contributed by atoms with Crippen molar-refractivity contribution in [1.82, 2.24) is 14.5 Å². The Bertz CT molecular complexity index is 351. The van der Waals surface area contributed by atoms with Gasteiger partial charge in [0.1, 0.15) is 0 Å². The molecule has 4 heteroatoms. The highest BCUT2D eigenvalue weighted by Gasteiger charge is 2.02. The normalized spacial score (nSPS) is 11.6. The molecule has 1 aromatic heterocycles. The van der Waals surface area contributed by atoms with Crippen LogP contribution in [0.2, 0.25) is 0 Å². The average molecular weight is 227 g/mol. The van der Waals surface area contributed by atoms with Crippen LogP contribution in [0.5, 0.6) is 0 Å². The summed E-state index contributed by atoms with van der Waals surface area (Å²) in [4.78, 5) is 5.48. The van der Waals surface area contributed by atoms with E-state index in [0.717, 1.165) is 30.0 Å². The van der Waals surface area contributed by atoms with Crippen LogP contribution < -0.4 is 0 Å². The van der Waals surface area contributed by atoms with E-state index in [2.05, 4.69) is 41.5 Å². The number of aryl methyl sites for hydroxylation is 2. The van der Waals surface area contributed by atoms with Crippen LogP contribution in [0.25, 0.3) is 0 Å². The molecule has 0 fully saturated rings. The Morgan fingerprint density at radius 3 is 2.67 bits per heavy atom. The van der Waals surface area contributed by atoms with Crippen LogP contribution in [0.1, 0.15) is 26.0 Å². The van der Waals surface area contributed by atoms with E-state index < -0.39 is 0 Å². The van der Waals surface area contributed by atoms with E-state index in [0.29, 0.717) is 6.04 Å². The summed E-state index contributed by atoms with van der Waals surface area (Å²) in [6, 6.07) is 0.617. The number of nitrogens with one attached hydrogen (secondary N) is 1. The largest absolute Gasteiger partial charge is 0.335 e. The molecule has 0 radical (unpaired) electrons. The second-order valence-corrected chi connectivity index (χ2v) is 4.75. The standard InChI is InChI=1S/C11H21N3S/c1-9(2)13(4)6-5-7-14-8-10(3)12-11(14)15/h8-9H,5-7H2,1-4H3,(H,12,15). The van der Waals surface area contributed by atoms with Crippen molar-refractivity contribution in [3.8, 4) is 0 Å². The van der Waals surface area contributed by atoms with E-state index in [1.54, 1.807) is 0 Å². The van der Waals surface area contributed by atoms with Gasteiger partial charge in [-0.3, -0.25) is 0 Å². The Kier molecular flexibility index (Phi) is 4.54. The van der Waals surface area contributed by atoms with Crippen molar-refractivity contribution in [1.29, 1.82) is 0 Å². The monoisotopic (exact) mass is 227 g/mol. The summed E-state index contributed by atoms with van der Waals surface area (Å²) in [6.07, 6.45) is 3.22. The third-order valence-corrected chi connectivity index (χ3v) is 3.04. The van der Waals surface area contributed by atoms with Gasteiger partial charge in [0.15, 0.2) is 4.77 Å². The maximum atomic E-state index is 5.20.